The average molecular weight is 272 g/mol. The molecule has 0 aliphatic heterocycles. The van der Waals surface area contributed by atoms with Crippen LogP contribution in [0.3, 0.4) is 0 Å². The summed E-state index contributed by atoms with van der Waals surface area (Å²) in [6.45, 7) is 2.57. The fourth-order valence-electron chi connectivity index (χ4n) is 2.23. The third kappa shape index (κ3) is 3.36. The maximum Gasteiger partial charge on any atom is 0.123 e. The van der Waals surface area contributed by atoms with E-state index in [-0.39, 0.29) is 0 Å². The summed E-state index contributed by atoms with van der Waals surface area (Å²) in [5.41, 5.74) is 2.10. The zero-order valence-corrected chi connectivity index (χ0v) is 11.7. The molecule has 1 aromatic carbocycles. The van der Waals surface area contributed by atoms with Gasteiger partial charge >= 0.3 is 0 Å². The van der Waals surface area contributed by atoms with Crippen LogP contribution in [0, 0.1) is 5.92 Å². The van der Waals surface area contributed by atoms with E-state index >= 15 is 0 Å². The topological polar surface area (TPSA) is 52.0 Å². The second-order valence-electron chi connectivity index (χ2n) is 5.29. The number of rotatable bonds is 7. The van der Waals surface area contributed by atoms with Crippen molar-refractivity contribution in [3.63, 3.8) is 0 Å². The van der Waals surface area contributed by atoms with Crippen LogP contribution in [-0.4, -0.2) is 28.6 Å². The Labute approximate surface area is 118 Å². The Morgan fingerprint density at radius 1 is 1.35 bits per heavy atom. The Hall–Kier alpha value is -1.88. The lowest BCUT2D eigenvalue weighted by Crippen LogP contribution is -2.16. The lowest BCUT2D eigenvalue weighted by molar-refractivity contribution is 0.407. The van der Waals surface area contributed by atoms with Gasteiger partial charge in [0.05, 0.1) is 25.5 Å². The largest absolute Gasteiger partial charge is 0.496 e. The van der Waals surface area contributed by atoms with Crippen LogP contribution in [0.5, 0.6) is 5.75 Å². The van der Waals surface area contributed by atoms with Gasteiger partial charge in [0.2, 0.25) is 0 Å². The van der Waals surface area contributed by atoms with Crippen LogP contribution in [0.2, 0.25) is 0 Å². The molecule has 1 heterocycles. The summed E-state index contributed by atoms with van der Waals surface area (Å²) in [4.78, 5) is 0. The third-order valence-corrected chi connectivity index (χ3v) is 3.55. The smallest absolute Gasteiger partial charge is 0.123 e. The van der Waals surface area contributed by atoms with Gasteiger partial charge in [-0.15, -0.1) is 5.10 Å². The summed E-state index contributed by atoms with van der Waals surface area (Å²) in [7, 11) is 1.69. The third-order valence-electron chi connectivity index (χ3n) is 3.55. The highest BCUT2D eigenvalue weighted by Crippen LogP contribution is 2.27. The maximum atomic E-state index is 5.35. The predicted octanol–water partition coefficient (Wildman–Crippen LogP) is 1.83. The molecule has 2 aromatic rings. The number of nitrogens with one attached hydrogen (secondary N) is 1. The summed E-state index contributed by atoms with van der Waals surface area (Å²) >= 11 is 0. The molecule has 0 spiro atoms. The monoisotopic (exact) mass is 272 g/mol. The average Bonchev–Trinajstić information content (AvgIpc) is 3.19. The molecule has 106 valence electrons. The van der Waals surface area contributed by atoms with Gasteiger partial charge in [-0.25, -0.2) is 4.68 Å². The first-order chi connectivity index (χ1) is 9.85. The molecular formula is C15H20N4O. The molecule has 1 aliphatic rings. The van der Waals surface area contributed by atoms with E-state index in [0.717, 1.165) is 36.0 Å². The molecule has 5 heteroatoms. The van der Waals surface area contributed by atoms with Crippen molar-refractivity contribution in [2.75, 3.05) is 13.7 Å². The maximum absolute atomic E-state index is 5.35. The molecule has 0 bridgehead atoms. The van der Waals surface area contributed by atoms with Gasteiger partial charge in [-0.1, -0.05) is 23.4 Å². The molecule has 20 heavy (non-hydrogen) atoms. The number of aromatic nitrogens is 3. The Bertz CT molecular complexity index is 563. The minimum Gasteiger partial charge on any atom is -0.496 e. The molecule has 0 radical (unpaired) electrons. The van der Waals surface area contributed by atoms with Crippen LogP contribution in [0.1, 0.15) is 24.1 Å². The van der Waals surface area contributed by atoms with Crippen molar-refractivity contribution >= 4 is 0 Å². The molecule has 1 saturated carbocycles. The van der Waals surface area contributed by atoms with E-state index in [1.165, 1.54) is 12.8 Å². The number of hydrogen-bond donors (Lipinski definition) is 1. The summed E-state index contributed by atoms with van der Waals surface area (Å²) < 4.78 is 7.20. The first-order valence-electron chi connectivity index (χ1n) is 7.07. The number of methoxy groups -OCH3 is 1. The summed E-state index contributed by atoms with van der Waals surface area (Å²) in [6.07, 6.45) is 4.73. The van der Waals surface area contributed by atoms with Gasteiger partial charge in [-0.05, 0) is 31.4 Å². The van der Waals surface area contributed by atoms with Crippen molar-refractivity contribution < 1.29 is 4.74 Å². The van der Waals surface area contributed by atoms with Crippen molar-refractivity contribution in [2.24, 2.45) is 5.92 Å². The number of hydrogen-bond acceptors (Lipinski definition) is 4. The van der Waals surface area contributed by atoms with E-state index in [1.54, 1.807) is 7.11 Å². The minimum atomic E-state index is 0.680. The van der Waals surface area contributed by atoms with E-state index in [4.69, 9.17) is 4.74 Å². The molecule has 1 aromatic heterocycles. The standard InChI is InChI=1S/C15H20N4O/c1-20-15-5-3-2-4-13(15)10-19-11-14(17-18-19)9-16-8-12-6-7-12/h2-5,11-12,16H,6-10H2,1H3. The van der Waals surface area contributed by atoms with Crippen molar-refractivity contribution in [3.8, 4) is 5.75 Å². The van der Waals surface area contributed by atoms with E-state index in [0.29, 0.717) is 6.54 Å². The van der Waals surface area contributed by atoms with E-state index in [9.17, 15) is 0 Å². The number of nitrogens with zero attached hydrogens (tertiary/aromatic N) is 3. The molecule has 1 fully saturated rings. The van der Waals surface area contributed by atoms with Crippen molar-refractivity contribution in [1.82, 2.24) is 20.3 Å². The molecule has 0 atom stereocenters. The van der Waals surface area contributed by atoms with Crippen LogP contribution in [-0.2, 0) is 13.1 Å². The highest BCUT2D eigenvalue weighted by atomic mass is 16.5. The normalized spacial score (nSPS) is 14.4. The van der Waals surface area contributed by atoms with Crippen molar-refractivity contribution in [2.45, 2.75) is 25.9 Å². The van der Waals surface area contributed by atoms with Gasteiger partial charge in [0.25, 0.3) is 0 Å². The Morgan fingerprint density at radius 3 is 3.00 bits per heavy atom. The van der Waals surface area contributed by atoms with Crippen molar-refractivity contribution in [3.05, 3.63) is 41.7 Å². The van der Waals surface area contributed by atoms with Gasteiger partial charge in [0.1, 0.15) is 5.75 Å². The van der Waals surface area contributed by atoms with Gasteiger partial charge in [0.15, 0.2) is 0 Å². The first kappa shape index (κ1) is 13.1. The highest BCUT2D eigenvalue weighted by molar-refractivity contribution is 5.33. The summed E-state index contributed by atoms with van der Waals surface area (Å²) in [5.74, 6) is 1.77. The summed E-state index contributed by atoms with van der Waals surface area (Å²) in [6, 6.07) is 7.99. The van der Waals surface area contributed by atoms with Crippen LogP contribution >= 0.6 is 0 Å². The molecule has 1 N–H and O–H groups in total. The zero-order chi connectivity index (χ0) is 13.8. The Kier molecular flexibility index (Phi) is 3.97. The number of benzene rings is 1. The van der Waals surface area contributed by atoms with E-state index < -0.39 is 0 Å². The second kappa shape index (κ2) is 6.05. The lowest BCUT2D eigenvalue weighted by atomic mass is 10.2. The highest BCUT2D eigenvalue weighted by Gasteiger charge is 2.20. The van der Waals surface area contributed by atoms with Crippen LogP contribution in [0.15, 0.2) is 30.5 Å². The van der Waals surface area contributed by atoms with Crippen LogP contribution in [0.4, 0.5) is 0 Å². The molecular weight excluding hydrogens is 252 g/mol. The second-order valence-corrected chi connectivity index (χ2v) is 5.29. The first-order valence-corrected chi connectivity index (χ1v) is 7.07. The summed E-state index contributed by atoms with van der Waals surface area (Å²) in [5, 5.41) is 11.8. The molecule has 5 nitrogen and oxygen atoms in total. The van der Waals surface area contributed by atoms with Gasteiger partial charge in [-0.3, -0.25) is 0 Å². The fourth-order valence-corrected chi connectivity index (χ4v) is 2.23. The molecule has 0 unspecified atom stereocenters. The lowest BCUT2D eigenvalue weighted by Gasteiger charge is -2.07. The number of para-hydroxylation sites is 1. The van der Waals surface area contributed by atoms with E-state index in [2.05, 4.69) is 15.6 Å². The molecule has 3 rings (SSSR count). The Morgan fingerprint density at radius 2 is 2.20 bits per heavy atom. The van der Waals surface area contributed by atoms with Gasteiger partial charge in [-0.2, -0.15) is 0 Å². The quantitative estimate of drug-likeness (QED) is 0.835. The predicted molar refractivity (Wildman–Crippen MR) is 76.5 cm³/mol. The molecule has 0 amide bonds. The SMILES string of the molecule is COc1ccccc1Cn1cc(CNCC2CC2)nn1. The van der Waals surface area contributed by atoms with Gasteiger partial charge in [0, 0.05) is 12.1 Å². The fraction of sp³-hybridized carbons (Fsp3) is 0.467. The van der Waals surface area contributed by atoms with Crippen LogP contribution < -0.4 is 10.1 Å². The molecule has 1 aliphatic carbocycles. The zero-order valence-electron chi connectivity index (χ0n) is 11.7. The molecule has 0 saturated heterocycles. The minimum absolute atomic E-state index is 0.680. The Balaban J connectivity index is 1.58. The van der Waals surface area contributed by atoms with E-state index in [1.807, 2.05) is 35.1 Å². The number of ether oxygens (including phenoxy) is 1. The van der Waals surface area contributed by atoms with Crippen molar-refractivity contribution in [1.29, 1.82) is 0 Å². The van der Waals surface area contributed by atoms with Crippen LogP contribution in [0.25, 0.3) is 0 Å². The van der Waals surface area contributed by atoms with Gasteiger partial charge < -0.3 is 10.1 Å².